The van der Waals surface area contributed by atoms with Crippen molar-refractivity contribution in [1.82, 2.24) is 10.6 Å². The van der Waals surface area contributed by atoms with Gasteiger partial charge in [0.15, 0.2) is 9.84 Å². The number of hydrogen-bond acceptors (Lipinski definition) is 5. The highest BCUT2D eigenvalue weighted by Crippen LogP contribution is 2.18. The van der Waals surface area contributed by atoms with Gasteiger partial charge in [0.2, 0.25) is 11.8 Å². The van der Waals surface area contributed by atoms with Gasteiger partial charge < -0.3 is 15.7 Å². The number of amides is 2. The maximum absolute atomic E-state index is 11.7. The lowest BCUT2D eigenvalue weighted by Crippen LogP contribution is -2.45. The number of nitrogens with one attached hydrogen (secondary N) is 2. The molecule has 0 bridgehead atoms. The predicted molar refractivity (Wildman–Crippen MR) is 69.7 cm³/mol. The maximum atomic E-state index is 11.7. The molecule has 1 unspecified atom stereocenters. The van der Waals surface area contributed by atoms with E-state index >= 15 is 0 Å². The summed E-state index contributed by atoms with van der Waals surface area (Å²) in [7, 11) is -3.74. The number of carbonyl (C=O) groups is 3. The molecule has 1 saturated carbocycles. The third kappa shape index (κ3) is 6.50. The van der Waals surface area contributed by atoms with Crippen LogP contribution >= 0.6 is 0 Å². The van der Waals surface area contributed by atoms with Crippen LogP contribution in [0.4, 0.5) is 0 Å². The zero-order valence-electron chi connectivity index (χ0n) is 11.1. The molecular weight excluding hydrogens is 288 g/mol. The summed E-state index contributed by atoms with van der Waals surface area (Å²) >= 11 is 0. The van der Waals surface area contributed by atoms with Crippen LogP contribution in [0.15, 0.2) is 0 Å². The Hall–Kier alpha value is -1.64. The molecule has 3 N–H and O–H groups in total. The quantitative estimate of drug-likeness (QED) is 0.509. The number of sulfone groups is 1. The van der Waals surface area contributed by atoms with E-state index in [0.29, 0.717) is 0 Å². The molecule has 114 valence electrons. The Bertz CT molecular complexity index is 497. The van der Waals surface area contributed by atoms with Crippen LogP contribution in [0.25, 0.3) is 0 Å². The van der Waals surface area contributed by atoms with Crippen molar-refractivity contribution in [2.24, 2.45) is 0 Å². The lowest BCUT2D eigenvalue weighted by atomic mass is 10.3. The van der Waals surface area contributed by atoms with Crippen LogP contribution in [0.3, 0.4) is 0 Å². The summed E-state index contributed by atoms with van der Waals surface area (Å²) in [4.78, 5) is 33.0. The molecule has 1 rings (SSSR count). The van der Waals surface area contributed by atoms with Gasteiger partial charge in [0, 0.05) is 19.4 Å². The van der Waals surface area contributed by atoms with E-state index in [-0.39, 0.29) is 18.4 Å². The fourth-order valence-electron chi connectivity index (χ4n) is 1.53. The van der Waals surface area contributed by atoms with Crippen molar-refractivity contribution < 1.29 is 27.9 Å². The van der Waals surface area contributed by atoms with Crippen LogP contribution in [0.5, 0.6) is 0 Å². The Kier molecular flexibility index (Phi) is 5.49. The van der Waals surface area contributed by atoms with Gasteiger partial charge in [-0.1, -0.05) is 0 Å². The number of carboxylic acids is 1. The largest absolute Gasteiger partial charge is 0.480 e. The molecule has 20 heavy (non-hydrogen) atoms. The van der Waals surface area contributed by atoms with E-state index in [4.69, 9.17) is 5.11 Å². The Morgan fingerprint density at radius 1 is 1.30 bits per heavy atom. The first-order valence-electron chi connectivity index (χ1n) is 6.19. The predicted octanol–water partition coefficient (Wildman–Crippen LogP) is -1.34. The fraction of sp³-hybridized carbons (Fsp3) is 0.727. The van der Waals surface area contributed by atoms with E-state index in [0.717, 1.165) is 19.8 Å². The highest BCUT2D eigenvalue weighted by Gasteiger charge is 2.27. The van der Waals surface area contributed by atoms with E-state index in [1.807, 2.05) is 5.32 Å². The Balaban J connectivity index is 2.46. The molecule has 1 aliphatic rings. The zero-order valence-corrected chi connectivity index (χ0v) is 11.9. The molecule has 0 aromatic heterocycles. The van der Waals surface area contributed by atoms with Gasteiger partial charge >= 0.3 is 5.97 Å². The molecule has 2 amide bonds. The van der Waals surface area contributed by atoms with Crippen LogP contribution < -0.4 is 10.6 Å². The average molecular weight is 306 g/mol. The van der Waals surface area contributed by atoms with Crippen LogP contribution in [0, 0.1) is 0 Å². The van der Waals surface area contributed by atoms with Crippen LogP contribution in [-0.4, -0.2) is 54.9 Å². The normalized spacial score (nSPS) is 16.2. The standard InChI is InChI=1S/C11H18N2O6S/c1-7(14)12-9(11(16)17)6-20(18,19)5-4-10(15)13-8-2-3-8/h8-9H,2-6H2,1H3,(H,12,14)(H,13,15)(H,16,17). The smallest absolute Gasteiger partial charge is 0.327 e. The molecular formula is C11H18N2O6S. The van der Waals surface area contributed by atoms with E-state index in [1.54, 1.807) is 0 Å². The average Bonchev–Trinajstić information content (AvgIpc) is 3.08. The maximum Gasteiger partial charge on any atom is 0.327 e. The topological polar surface area (TPSA) is 130 Å². The number of aliphatic carboxylic acids is 1. The van der Waals surface area contributed by atoms with Gasteiger partial charge in [-0.05, 0) is 12.8 Å². The van der Waals surface area contributed by atoms with Crippen molar-refractivity contribution in [2.45, 2.75) is 38.3 Å². The molecule has 0 aliphatic heterocycles. The number of rotatable bonds is 8. The first-order chi connectivity index (χ1) is 9.19. The minimum Gasteiger partial charge on any atom is -0.480 e. The lowest BCUT2D eigenvalue weighted by molar-refractivity contribution is -0.140. The van der Waals surface area contributed by atoms with Crippen LogP contribution in [0.2, 0.25) is 0 Å². The third-order valence-corrected chi connectivity index (χ3v) is 4.35. The Labute approximate surface area is 116 Å². The summed E-state index contributed by atoms with van der Waals surface area (Å²) in [5, 5.41) is 13.5. The third-order valence-electron chi connectivity index (χ3n) is 2.68. The van der Waals surface area contributed by atoms with Crippen molar-refractivity contribution >= 4 is 27.6 Å². The van der Waals surface area contributed by atoms with Gasteiger partial charge in [-0.25, -0.2) is 13.2 Å². The van der Waals surface area contributed by atoms with E-state index in [2.05, 4.69) is 5.32 Å². The molecule has 1 fully saturated rings. The van der Waals surface area contributed by atoms with Crippen molar-refractivity contribution in [3.8, 4) is 0 Å². The highest BCUT2D eigenvalue weighted by atomic mass is 32.2. The van der Waals surface area contributed by atoms with Crippen molar-refractivity contribution in [3.05, 3.63) is 0 Å². The molecule has 0 spiro atoms. The van der Waals surface area contributed by atoms with Gasteiger partial charge in [-0.15, -0.1) is 0 Å². The van der Waals surface area contributed by atoms with Crippen molar-refractivity contribution in [2.75, 3.05) is 11.5 Å². The highest BCUT2D eigenvalue weighted by molar-refractivity contribution is 7.91. The molecule has 0 radical (unpaired) electrons. The first-order valence-corrected chi connectivity index (χ1v) is 8.01. The molecule has 0 saturated heterocycles. The Morgan fingerprint density at radius 2 is 1.90 bits per heavy atom. The molecule has 8 nitrogen and oxygen atoms in total. The van der Waals surface area contributed by atoms with Crippen molar-refractivity contribution in [3.63, 3.8) is 0 Å². The van der Waals surface area contributed by atoms with Gasteiger partial charge in [0.1, 0.15) is 6.04 Å². The molecule has 1 aliphatic carbocycles. The SMILES string of the molecule is CC(=O)NC(CS(=O)(=O)CCC(=O)NC1CC1)C(=O)O. The lowest BCUT2D eigenvalue weighted by Gasteiger charge is -2.13. The minimum atomic E-state index is -3.74. The second kappa shape index (κ2) is 6.69. The summed E-state index contributed by atoms with van der Waals surface area (Å²) in [6.45, 7) is 1.10. The molecule has 1 atom stereocenters. The summed E-state index contributed by atoms with van der Waals surface area (Å²) in [5.41, 5.74) is 0. The van der Waals surface area contributed by atoms with E-state index in [1.165, 1.54) is 0 Å². The summed E-state index contributed by atoms with van der Waals surface area (Å²) in [5.74, 6) is -3.57. The summed E-state index contributed by atoms with van der Waals surface area (Å²) < 4.78 is 23.5. The zero-order chi connectivity index (χ0) is 15.3. The molecule has 0 aromatic rings. The van der Waals surface area contributed by atoms with Crippen LogP contribution in [-0.2, 0) is 24.2 Å². The van der Waals surface area contributed by atoms with E-state index < -0.39 is 39.3 Å². The second-order valence-corrected chi connectivity index (χ2v) is 7.03. The minimum absolute atomic E-state index is 0.149. The summed E-state index contributed by atoms with van der Waals surface area (Å²) in [6.07, 6.45) is 1.61. The molecule has 9 heteroatoms. The van der Waals surface area contributed by atoms with Crippen LogP contribution in [0.1, 0.15) is 26.2 Å². The second-order valence-electron chi connectivity index (χ2n) is 4.80. The van der Waals surface area contributed by atoms with Gasteiger partial charge in [-0.2, -0.15) is 0 Å². The Morgan fingerprint density at radius 3 is 2.35 bits per heavy atom. The fourth-order valence-corrected chi connectivity index (χ4v) is 2.93. The van der Waals surface area contributed by atoms with Gasteiger partial charge in [0.05, 0.1) is 11.5 Å². The number of carboxylic acid groups (broad SMARTS) is 1. The van der Waals surface area contributed by atoms with Gasteiger partial charge in [-0.3, -0.25) is 9.59 Å². The van der Waals surface area contributed by atoms with E-state index in [9.17, 15) is 22.8 Å². The number of carbonyl (C=O) groups excluding carboxylic acids is 2. The van der Waals surface area contributed by atoms with Crippen molar-refractivity contribution in [1.29, 1.82) is 0 Å². The van der Waals surface area contributed by atoms with Gasteiger partial charge in [0.25, 0.3) is 0 Å². The molecule has 0 aromatic carbocycles. The number of hydrogen-bond donors (Lipinski definition) is 3. The summed E-state index contributed by atoms with van der Waals surface area (Å²) in [6, 6.07) is -1.35. The monoisotopic (exact) mass is 306 g/mol. The molecule has 0 heterocycles. The first kappa shape index (κ1) is 16.4.